The fourth-order valence-corrected chi connectivity index (χ4v) is 5.48. The lowest BCUT2D eigenvalue weighted by atomic mass is 10.1. The minimum atomic E-state index is -0.749. The Morgan fingerprint density at radius 3 is 2.77 bits per heavy atom. The van der Waals surface area contributed by atoms with Gasteiger partial charge in [0.05, 0.1) is 17.7 Å². The smallest absolute Gasteiger partial charge is 0.226 e. The summed E-state index contributed by atoms with van der Waals surface area (Å²) in [6.07, 6.45) is 4.85. The van der Waals surface area contributed by atoms with Gasteiger partial charge in [0, 0.05) is 18.7 Å². The molecule has 2 aromatic heterocycles. The molecule has 4 heterocycles. The van der Waals surface area contributed by atoms with Crippen LogP contribution in [0.2, 0.25) is 5.28 Å². The third kappa shape index (κ3) is 4.16. The molecule has 4 atom stereocenters. The zero-order valence-electron chi connectivity index (χ0n) is 17.7. The molecule has 2 aromatic rings. The van der Waals surface area contributed by atoms with Gasteiger partial charge in [0.1, 0.15) is 18.0 Å². The molecule has 11 heteroatoms. The highest BCUT2D eigenvalue weighted by atomic mass is 35.5. The Bertz CT molecular complexity index is 995. The van der Waals surface area contributed by atoms with Crippen LogP contribution in [-0.2, 0) is 19.0 Å². The summed E-state index contributed by atoms with van der Waals surface area (Å²) in [5.41, 5.74) is 0.581. The lowest BCUT2D eigenvalue weighted by molar-refractivity contribution is -0.195. The summed E-state index contributed by atoms with van der Waals surface area (Å²) in [7, 11) is 0. The maximum absolute atomic E-state index is 11.5. The number of carbonyl (C=O) groups excluding carboxylic acids is 1. The highest BCUT2D eigenvalue weighted by molar-refractivity contribution is 8.13. The largest absolute Gasteiger partial charge is 0.367 e. The quantitative estimate of drug-likeness (QED) is 0.661. The van der Waals surface area contributed by atoms with E-state index in [1.165, 1.54) is 24.6 Å². The van der Waals surface area contributed by atoms with Gasteiger partial charge in [0.25, 0.3) is 0 Å². The molecule has 2 aliphatic heterocycles. The van der Waals surface area contributed by atoms with Crippen molar-refractivity contribution in [2.45, 2.75) is 82.8 Å². The molecule has 3 fully saturated rings. The van der Waals surface area contributed by atoms with E-state index in [0.717, 1.165) is 18.2 Å². The van der Waals surface area contributed by atoms with Gasteiger partial charge in [0.15, 0.2) is 22.8 Å². The second-order valence-electron chi connectivity index (χ2n) is 8.73. The monoisotopic (exact) mass is 467 g/mol. The van der Waals surface area contributed by atoms with Crippen molar-refractivity contribution in [3.05, 3.63) is 11.5 Å². The molecule has 0 bridgehead atoms. The first kappa shape index (κ1) is 21.4. The summed E-state index contributed by atoms with van der Waals surface area (Å²) < 4.78 is 20.3. The molecule has 0 amide bonds. The lowest BCUT2D eigenvalue weighted by Gasteiger charge is -2.24. The van der Waals surface area contributed by atoms with E-state index in [1.54, 1.807) is 17.8 Å². The van der Waals surface area contributed by atoms with Crippen molar-refractivity contribution < 1.29 is 19.0 Å². The van der Waals surface area contributed by atoms with Crippen LogP contribution >= 0.6 is 23.4 Å². The summed E-state index contributed by atoms with van der Waals surface area (Å²) in [5.74, 6) is 0.423. The maximum Gasteiger partial charge on any atom is 0.226 e. The van der Waals surface area contributed by atoms with Gasteiger partial charge in [-0.15, -0.1) is 0 Å². The van der Waals surface area contributed by atoms with E-state index < -0.39 is 12.0 Å². The Hall–Kier alpha value is -1.46. The van der Waals surface area contributed by atoms with Crippen LogP contribution in [0, 0.1) is 0 Å². The Morgan fingerprint density at radius 1 is 1.29 bits per heavy atom. The molecule has 1 saturated carbocycles. The summed E-state index contributed by atoms with van der Waals surface area (Å²) in [6.45, 7) is 5.30. The van der Waals surface area contributed by atoms with Crippen LogP contribution in [0.25, 0.3) is 11.0 Å². The second kappa shape index (κ2) is 8.15. The summed E-state index contributed by atoms with van der Waals surface area (Å²) in [6, 6.07) is 0.380. The number of anilines is 1. The number of nitrogens with zero attached hydrogens (tertiary/aromatic N) is 4. The maximum atomic E-state index is 11.5. The van der Waals surface area contributed by atoms with Crippen molar-refractivity contribution in [3.8, 4) is 0 Å². The van der Waals surface area contributed by atoms with Gasteiger partial charge in [0.2, 0.25) is 5.28 Å². The molecule has 0 unspecified atom stereocenters. The molecule has 3 aliphatic rings. The fourth-order valence-electron chi connectivity index (χ4n) is 4.65. The lowest BCUT2D eigenvalue weighted by Crippen LogP contribution is -2.31. The molecule has 2 saturated heterocycles. The average Bonchev–Trinajstić information content (AvgIpc) is 3.44. The first-order valence-electron chi connectivity index (χ1n) is 10.6. The van der Waals surface area contributed by atoms with Crippen LogP contribution in [0.15, 0.2) is 6.20 Å². The van der Waals surface area contributed by atoms with Crippen LogP contribution in [-0.4, -0.2) is 60.8 Å². The van der Waals surface area contributed by atoms with Gasteiger partial charge in [-0.25, -0.2) is 4.68 Å². The minimum Gasteiger partial charge on any atom is -0.367 e. The van der Waals surface area contributed by atoms with E-state index in [1.807, 2.05) is 13.8 Å². The predicted octanol–water partition coefficient (Wildman–Crippen LogP) is 3.53. The Morgan fingerprint density at radius 2 is 2.03 bits per heavy atom. The normalized spacial score (nSPS) is 30.2. The Kier molecular flexibility index (Phi) is 5.62. The van der Waals surface area contributed by atoms with Crippen LogP contribution in [0.1, 0.15) is 52.7 Å². The van der Waals surface area contributed by atoms with Gasteiger partial charge in [-0.1, -0.05) is 24.6 Å². The zero-order chi connectivity index (χ0) is 21.8. The highest BCUT2D eigenvalue weighted by Gasteiger charge is 2.56. The minimum absolute atomic E-state index is 0.0356. The number of fused-ring (bicyclic) bond motifs is 2. The Labute approximate surface area is 189 Å². The number of rotatable bonds is 5. The molecule has 5 rings (SSSR count). The van der Waals surface area contributed by atoms with Crippen LogP contribution in [0.3, 0.4) is 0 Å². The van der Waals surface area contributed by atoms with E-state index in [9.17, 15) is 4.79 Å². The van der Waals surface area contributed by atoms with Gasteiger partial charge in [-0.05, 0) is 38.3 Å². The van der Waals surface area contributed by atoms with Crippen molar-refractivity contribution in [3.63, 3.8) is 0 Å². The van der Waals surface area contributed by atoms with Gasteiger partial charge >= 0.3 is 0 Å². The van der Waals surface area contributed by atoms with E-state index in [2.05, 4.69) is 20.4 Å². The SMILES string of the molecule is CC(=O)SC[C@H]1O[C@@H](n2ncc3c(NC4CCCC4)nc(Cl)nc32)[C@@H]2OC(C)(C)O[C@@H]21. The number of aromatic nitrogens is 4. The molecule has 0 aromatic carbocycles. The highest BCUT2D eigenvalue weighted by Crippen LogP contribution is 2.44. The Balaban J connectivity index is 1.48. The molecular formula is C20H26ClN5O4S. The number of carbonyl (C=O) groups is 1. The summed E-state index contributed by atoms with van der Waals surface area (Å²) >= 11 is 7.49. The van der Waals surface area contributed by atoms with E-state index >= 15 is 0 Å². The molecule has 1 N–H and O–H groups in total. The molecule has 0 radical (unpaired) electrons. The predicted molar refractivity (Wildman–Crippen MR) is 117 cm³/mol. The third-order valence-corrected chi connectivity index (χ3v) is 7.01. The number of ether oxygens (including phenoxy) is 3. The molecule has 0 spiro atoms. The third-order valence-electron chi connectivity index (χ3n) is 5.94. The number of hydrogen-bond acceptors (Lipinski definition) is 9. The molecule has 168 valence electrons. The van der Waals surface area contributed by atoms with Crippen LogP contribution in [0.4, 0.5) is 5.82 Å². The average molecular weight is 468 g/mol. The molecule has 1 aliphatic carbocycles. The van der Waals surface area contributed by atoms with E-state index in [0.29, 0.717) is 23.3 Å². The molecule has 31 heavy (non-hydrogen) atoms. The second-order valence-corrected chi connectivity index (χ2v) is 10.3. The molecular weight excluding hydrogens is 442 g/mol. The van der Waals surface area contributed by atoms with E-state index in [-0.39, 0.29) is 28.7 Å². The number of nitrogens with one attached hydrogen (secondary N) is 1. The van der Waals surface area contributed by atoms with Gasteiger partial charge in [-0.2, -0.15) is 15.1 Å². The number of thioether (sulfide) groups is 1. The van der Waals surface area contributed by atoms with Gasteiger partial charge in [-0.3, -0.25) is 4.79 Å². The van der Waals surface area contributed by atoms with Crippen LogP contribution in [0.5, 0.6) is 0 Å². The fraction of sp³-hybridized carbons (Fsp3) is 0.700. The van der Waals surface area contributed by atoms with E-state index in [4.69, 9.17) is 25.8 Å². The van der Waals surface area contributed by atoms with Crippen LogP contribution < -0.4 is 5.32 Å². The van der Waals surface area contributed by atoms with Crippen molar-refractivity contribution in [2.24, 2.45) is 0 Å². The van der Waals surface area contributed by atoms with Crippen molar-refractivity contribution in [2.75, 3.05) is 11.1 Å². The topological polar surface area (TPSA) is 100 Å². The van der Waals surface area contributed by atoms with Crippen molar-refractivity contribution >= 4 is 45.3 Å². The standard InChI is InChI=1S/C20H26ClN5O4S/c1-10(27)31-9-13-14-15(30-20(2,3)29-14)18(28-13)26-17-12(8-22-26)16(24-19(21)25-17)23-11-6-4-5-7-11/h8,11,13-15,18H,4-7,9H2,1-3H3,(H,23,24,25)/t13-,14-,15-,18-/m1/s1. The zero-order valence-corrected chi connectivity index (χ0v) is 19.3. The summed E-state index contributed by atoms with van der Waals surface area (Å²) in [4.78, 5) is 20.4. The molecule has 9 nitrogen and oxygen atoms in total. The first-order valence-corrected chi connectivity index (χ1v) is 12.0. The van der Waals surface area contributed by atoms with Crippen molar-refractivity contribution in [1.29, 1.82) is 0 Å². The number of hydrogen-bond donors (Lipinski definition) is 1. The van der Waals surface area contributed by atoms with Gasteiger partial charge < -0.3 is 19.5 Å². The summed E-state index contributed by atoms with van der Waals surface area (Å²) in [5, 5.41) is 9.05. The number of halogens is 1. The van der Waals surface area contributed by atoms with Crippen molar-refractivity contribution in [1.82, 2.24) is 19.7 Å². The first-order chi connectivity index (χ1) is 14.8.